The van der Waals surface area contributed by atoms with Crippen molar-refractivity contribution in [3.8, 4) is 0 Å². The van der Waals surface area contributed by atoms with Crippen molar-refractivity contribution >= 4 is 21.5 Å². The van der Waals surface area contributed by atoms with Crippen LogP contribution in [0, 0.1) is 5.82 Å². The molecule has 3 N–H and O–H groups in total. The molecule has 1 aromatic carbocycles. The second kappa shape index (κ2) is 4.30. The van der Waals surface area contributed by atoms with Gasteiger partial charge in [0, 0.05) is 18.9 Å². The first kappa shape index (κ1) is 12.4. The highest BCUT2D eigenvalue weighted by Gasteiger charge is 2.20. The van der Waals surface area contributed by atoms with Gasteiger partial charge < -0.3 is 5.73 Å². The molecule has 0 spiro atoms. The molecule has 0 aliphatic rings. The van der Waals surface area contributed by atoms with Crippen LogP contribution in [-0.2, 0) is 17.1 Å². The number of hydrogen-bond acceptors (Lipinski definition) is 4. The van der Waals surface area contributed by atoms with E-state index in [1.165, 1.54) is 23.0 Å². The number of nitrogen functional groups attached to an aromatic ring is 1. The highest BCUT2D eigenvalue weighted by atomic mass is 32.2. The molecule has 1 aromatic heterocycles. The van der Waals surface area contributed by atoms with E-state index in [1.54, 1.807) is 7.05 Å². The lowest BCUT2D eigenvalue weighted by Gasteiger charge is -2.06. The van der Waals surface area contributed by atoms with E-state index in [4.69, 9.17) is 5.73 Å². The van der Waals surface area contributed by atoms with Crippen LogP contribution in [0.2, 0.25) is 0 Å². The second-order valence-electron chi connectivity index (χ2n) is 3.66. The van der Waals surface area contributed by atoms with Crippen LogP contribution in [-0.4, -0.2) is 18.2 Å². The molecule has 0 aliphatic heterocycles. The summed E-state index contributed by atoms with van der Waals surface area (Å²) in [4.78, 5) is -0.116. The minimum absolute atomic E-state index is 0.0906. The molecule has 2 rings (SSSR count). The SMILES string of the molecule is Cn1cc(S(=O)(=O)Nc2ccc(F)cc2)c(N)n1. The van der Waals surface area contributed by atoms with Crippen LogP contribution >= 0.6 is 0 Å². The first-order chi connectivity index (χ1) is 8.38. The fourth-order valence-electron chi connectivity index (χ4n) is 1.42. The summed E-state index contributed by atoms with van der Waals surface area (Å²) in [6.07, 6.45) is 1.29. The van der Waals surface area contributed by atoms with Gasteiger partial charge in [0.1, 0.15) is 10.7 Å². The lowest BCUT2D eigenvalue weighted by atomic mass is 10.3. The summed E-state index contributed by atoms with van der Waals surface area (Å²) in [6.45, 7) is 0. The second-order valence-corrected chi connectivity index (χ2v) is 5.32. The van der Waals surface area contributed by atoms with Crippen LogP contribution in [0.5, 0.6) is 0 Å². The van der Waals surface area contributed by atoms with Crippen molar-refractivity contribution < 1.29 is 12.8 Å². The van der Waals surface area contributed by atoms with Crippen molar-refractivity contribution in [3.63, 3.8) is 0 Å². The third-order valence-electron chi connectivity index (χ3n) is 2.21. The Bertz CT molecular complexity index is 664. The van der Waals surface area contributed by atoms with Gasteiger partial charge in [-0.3, -0.25) is 9.40 Å². The molecule has 2 aromatic rings. The molecule has 8 heteroatoms. The van der Waals surface area contributed by atoms with E-state index in [-0.39, 0.29) is 16.4 Å². The minimum Gasteiger partial charge on any atom is -0.381 e. The van der Waals surface area contributed by atoms with Gasteiger partial charge in [-0.15, -0.1) is 0 Å². The zero-order valence-electron chi connectivity index (χ0n) is 9.46. The maximum Gasteiger partial charge on any atom is 0.267 e. The zero-order chi connectivity index (χ0) is 13.3. The van der Waals surface area contributed by atoms with Gasteiger partial charge in [0.25, 0.3) is 10.0 Å². The number of sulfonamides is 1. The number of anilines is 2. The summed E-state index contributed by atoms with van der Waals surface area (Å²) in [5, 5.41) is 3.75. The van der Waals surface area contributed by atoms with Crippen LogP contribution in [0.4, 0.5) is 15.9 Å². The molecule has 6 nitrogen and oxygen atoms in total. The number of aromatic nitrogens is 2. The molecule has 0 bridgehead atoms. The fraction of sp³-hybridized carbons (Fsp3) is 0.100. The summed E-state index contributed by atoms with van der Waals surface area (Å²) in [7, 11) is -2.25. The average molecular weight is 270 g/mol. The van der Waals surface area contributed by atoms with Crippen molar-refractivity contribution in [2.75, 3.05) is 10.5 Å². The number of halogens is 1. The molecule has 1 heterocycles. The Kier molecular flexibility index (Phi) is 2.95. The molecule has 0 aliphatic carbocycles. The number of nitrogens with zero attached hydrogens (tertiary/aromatic N) is 2. The number of hydrogen-bond donors (Lipinski definition) is 2. The van der Waals surface area contributed by atoms with Gasteiger partial charge in [0.05, 0.1) is 0 Å². The number of nitrogens with one attached hydrogen (secondary N) is 1. The van der Waals surface area contributed by atoms with Crippen LogP contribution in [0.3, 0.4) is 0 Å². The third kappa shape index (κ3) is 2.43. The molecular weight excluding hydrogens is 259 g/mol. The van der Waals surface area contributed by atoms with Gasteiger partial charge in [0.2, 0.25) is 0 Å². The molecule has 0 unspecified atom stereocenters. The van der Waals surface area contributed by atoms with Crippen LogP contribution in [0.15, 0.2) is 35.4 Å². The quantitative estimate of drug-likeness (QED) is 0.868. The zero-order valence-corrected chi connectivity index (χ0v) is 10.3. The topological polar surface area (TPSA) is 90.0 Å². The van der Waals surface area contributed by atoms with Crippen molar-refractivity contribution in [1.29, 1.82) is 0 Å². The van der Waals surface area contributed by atoms with E-state index in [0.29, 0.717) is 0 Å². The first-order valence-corrected chi connectivity index (χ1v) is 6.44. The Balaban J connectivity index is 2.33. The molecule has 0 atom stereocenters. The third-order valence-corrected chi connectivity index (χ3v) is 3.61. The molecular formula is C10H11FN4O2S. The summed E-state index contributed by atoms with van der Waals surface area (Å²) in [5.74, 6) is -0.536. The minimum atomic E-state index is -3.82. The van der Waals surface area contributed by atoms with Crippen LogP contribution < -0.4 is 10.5 Å². The van der Waals surface area contributed by atoms with E-state index < -0.39 is 15.8 Å². The fourth-order valence-corrected chi connectivity index (χ4v) is 2.58. The van der Waals surface area contributed by atoms with Gasteiger partial charge >= 0.3 is 0 Å². The molecule has 0 fully saturated rings. The van der Waals surface area contributed by atoms with Crippen molar-refractivity contribution in [3.05, 3.63) is 36.3 Å². The smallest absolute Gasteiger partial charge is 0.267 e. The van der Waals surface area contributed by atoms with Gasteiger partial charge in [-0.25, -0.2) is 12.8 Å². The molecule has 0 amide bonds. The molecule has 0 saturated heterocycles. The van der Waals surface area contributed by atoms with E-state index >= 15 is 0 Å². The Labute approximate surface area is 103 Å². The maximum atomic E-state index is 12.7. The summed E-state index contributed by atoms with van der Waals surface area (Å²) >= 11 is 0. The number of benzene rings is 1. The predicted octanol–water partition coefficient (Wildman–Crippen LogP) is 0.942. The molecule has 18 heavy (non-hydrogen) atoms. The number of aryl methyl sites for hydroxylation is 1. The Morgan fingerprint density at radius 2 is 1.94 bits per heavy atom. The van der Waals surface area contributed by atoms with E-state index in [0.717, 1.165) is 12.1 Å². The maximum absolute atomic E-state index is 12.7. The summed E-state index contributed by atoms with van der Waals surface area (Å²) in [6, 6.07) is 4.95. The Morgan fingerprint density at radius 1 is 1.33 bits per heavy atom. The van der Waals surface area contributed by atoms with Gasteiger partial charge in [-0.2, -0.15) is 5.10 Å². The van der Waals surface area contributed by atoms with E-state index in [9.17, 15) is 12.8 Å². The highest BCUT2D eigenvalue weighted by molar-refractivity contribution is 7.92. The Morgan fingerprint density at radius 3 is 2.44 bits per heavy atom. The monoisotopic (exact) mass is 270 g/mol. The first-order valence-electron chi connectivity index (χ1n) is 4.96. The molecule has 96 valence electrons. The standard InChI is InChI=1S/C10H11FN4O2S/c1-15-6-9(10(12)13-15)18(16,17)14-8-4-2-7(11)3-5-8/h2-6,14H,1H3,(H2,12,13). The predicted molar refractivity (Wildman–Crippen MR) is 64.8 cm³/mol. The summed E-state index contributed by atoms with van der Waals surface area (Å²) in [5.41, 5.74) is 5.74. The molecule has 0 saturated carbocycles. The van der Waals surface area contributed by atoms with E-state index in [2.05, 4.69) is 9.82 Å². The van der Waals surface area contributed by atoms with Gasteiger partial charge in [-0.05, 0) is 24.3 Å². The average Bonchev–Trinajstić information content (AvgIpc) is 2.62. The lowest BCUT2D eigenvalue weighted by molar-refractivity contribution is 0.601. The van der Waals surface area contributed by atoms with Crippen LogP contribution in [0.1, 0.15) is 0 Å². The summed E-state index contributed by atoms with van der Waals surface area (Å²) < 4.78 is 40.3. The largest absolute Gasteiger partial charge is 0.381 e. The number of nitrogens with two attached hydrogens (primary N) is 1. The van der Waals surface area contributed by atoms with Crippen LogP contribution in [0.25, 0.3) is 0 Å². The molecule has 0 radical (unpaired) electrons. The van der Waals surface area contributed by atoms with Gasteiger partial charge in [0.15, 0.2) is 5.82 Å². The normalized spacial score (nSPS) is 11.4. The lowest BCUT2D eigenvalue weighted by Crippen LogP contribution is -2.13. The van der Waals surface area contributed by atoms with Crippen molar-refractivity contribution in [1.82, 2.24) is 9.78 Å². The van der Waals surface area contributed by atoms with Gasteiger partial charge in [-0.1, -0.05) is 0 Å². The van der Waals surface area contributed by atoms with E-state index in [1.807, 2.05) is 0 Å². The number of rotatable bonds is 3. The van der Waals surface area contributed by atoms with Crippen molar-refractivity contribution in [2.24, 2.45) is 7.05 Å². The Hall–Kier alpha value is -2.09. The van der Waals surface area contributed by atoms with Crippen molar-refractivity contribution in [2.45, 2.75) is 4.90 Å². The highest BCUT2D eigenvalue weighted by Crippen LogP contribution is 2.20.